The smallest absolute Gasteiger partial charge is 0.420 e. The topological polar surface area (TPSA) is 94.4 Å². The first kappa shape index (κ1) is 11.8. The third-order valence-electron chi connectivity index (χ3n) is 2.67. The number of nitrogens with zero attached hydrogens (tertiary/aromatic N) is 2. The first-order valence-electron chi connectivity index (χ1n) is 9.17. The Bertz CT molecular complexity index is 841. The van der Waals surface area contributed by atoms with Crippen molar-refractivity contribution in [3.05, 3.63) is 40.1 Å². The highest BCUT2D eigenvalue weighted by Crippen LogP contribution is 2.38. The molecular weight excluding hydrogens is 331 g/mol. The summed E-state index contributed by atoms with van der Waals surface area (Å²) in [5, 5.41) is 12.9. The van der Waals surface area contributed by atoms with Crippen LogP contribution in [0.4, 0.5) is 24.7 Å². The first-order chi connectivity index (χ1) is 13.4. The van der Waals surface area contributed by atoms with Gasteiger partial charge in [0.1, 0.15) is 11.4 Å². The molecule has 0 saturated carbocycles. The van der Waals surface area contributed by atoms with Crippen LogP contribution in [0, 0.1) is 10.1 Å². The highest BCUT2D eigenvalue weighted by molar-refractivity contribution is 5.92. The van der Waals surface area contributed by atoms with Crippen molar-refractivity contribution in [2.75, 3.05) is 12.4 Å². The average molecular weight is 353 g/mol. The lowest BCUT2D eigenvalue weighted by Gasteiger charge is -2.27. The van der Waals surface area contributed by atoms with Crippen LogP contribution in [0.5, 0.6) is 0 Å². The molecule has 0 aliphatic carbocycles. The first-order valence-corrected chi connectivity index (χ1v) is 6.17. The minimum absolute atomic E-state index is 0.0563. The quantitative estimate of drug-likeness (QED) is 0.364. The molecule has 0 bridgehead atoms. The van der Waals surface area contributed by atoms with E-state index in [1.54, 1.807) is 5.32 Å². The molecule has 0 aliphatic rings. The molecule has 1 N–H and O–H groups in total. The van der Waals surface area contributed by atoms with Crippen LogP contribution in [0.15, 0.2) is 18.7 Å². The predicted octanol–water partition coefficient (Wildman–Crippen LogP) is 3.56. The molecule has 10 heteroatoms. The molecule has 0 saturated heterocycles. The normalized spacial score (nSPS) is 16.5. The summed E-state index contributed by atoms with van der Waals surface area (Å²) in [5.74, 6) is -2.89. The van der Waals surface area contributed by atoms with E-state index in [0.717, 1.165) is 13.2 Å². The van der Waals surface area contributed by atoms with Crippen LogP contribution >= 0.6 is 0 Å². The van der Waals surface area contributed by atoms with Gasteiger partial charge < -0.3 is 10.1 Å². The van der Waals surface area contributed by atoms with Crippen molar-refractivity contribution in [3.63, 3.8) is 0 Å². The Hall–Kier alpha value is -2.65. The largest absolute Gasteiger partial charge is 0.464 e. The van der Waals surface area contributed by atoms with E-state index in [1.165, 1.54) is 0 Å². The molecule has 0 spiro atoms. The SMILES string of the molecule is [2H]C([2H])([2H])C(CC=C)(Nc1nc(C(=O)OC)c([N+](=O)[O-])cc1C(F)(F)F)C([2H])([2H])[2H]. The van der Waals surface area contributed by atoms with Crippen molar-refractivity contribution in [1.29, 1.82) is 0 Å². The van der Waals surface area contributed by atoms with E-state index in [4.69, 9.17) is 8.22 Å². The van der Waals surface area contributed by atoms with Crippen molar-refractivity contribution in [1.82, 2.24) is 4.98 Å². The van der Waals surface area contributed by atoms with Crippen LogP contribution in [0.2, 0.25) is 0 Å². The molecule has 1 rings (SSSR count). The summed E-state index contributed by atoms with van der Waals surface area (Å²) in [6.45, 7) is -3.59. The summed E-state index contributed by atoms with van der Waals surface area (Å²) in [5.41, 5.74) is -7.39. The summed E-state index contributed by atoms with van der Waals surface area (Å²) in [6, 6.07) is -0.0563. The van der Waals surface area contributed by atoms with Crippen LogP contribution in [0.3, 0.4) is 0 Å². The molecule has 0 fully saturated rings. The van der Waals surface area contributed by atoms with Gasteiger partial charge in [0, 0.05) is 19.8 Å². The van der Waals surface area contributed by atoms with Crippen LogP contribution in [0.25, 0.3) is 0 Å². The van der Waals surface area contributed by atoms with Crippen molar-refractivity contribution in [3.8, 4) is 0 Å². The van der Waals surface area contributed by atoms with E-state index in [1.807, 2.05) is 0 Å². The van der Waals surface area contributed by atoms with Crippen LogP contribution in [-0.2, 0) is 10.9 Å². The summed E-state index contributed by atoms with van der Waals surface area (Å²) in [6.07, 6.45) is -5.31. The molecule has 0 aliphatic heterocycles. The number of ether oxygens (including phenoxy) is 1. The fraction of sp³-hybridized carbons (Fsp3) is 0.429. The lowest BCUT2D eigenvalue weighted by Crippen LogP contribution is -2.32. The minimum Gasteiger partial charge on any atom is -0.464 e. The number of esters is 1. The Balaban J connectivity index is 3.98. The van der Waals surface area contributed by atoms with Crippen LogP contribution in [-0.4, -0.2) is 28.5 Å². The van der Waals surface area contributed by atoms with Crippen molar-refractivity contribution in [2.24, 2.45) is 0 Å². The number of hydrogen-bond donors (Lipinski definition) is 1. The number of nitrogens with one attached hydrogen (secondary N) is 1. The standard InChI is InChI=1S/C14H16F3N3O4/c1-5-6-13(2,3)19-11-8(14(15,16)17)7-9(20(22)23)10(18-11)12(21)24-4/h5,7H,1,6H2,2-4H3,(H,18,19)/i2D3,3D3. The third kappa shape index (κ3) is 4.43. The molecule has 1 heterocycles. The Labute approximate surface area is 144 Å². The number of rotatable bonds is 6. The lowest BCUT2D eigenvalue weighted by molar-refractivity contribution is -0.385. The second-order valence-corrected chi connectivity index (χ2v) is 4.52. The maximum absolute atomic E-state index is 13.5. The van der Waals surface area contributed by atoms with Gasteiger partial charge in [-0.15, -0.1) is 6.58 Å². The zero-order valence-electron chi connectivity index (χ0n) is 18.2. The number of carbonyl (C=O) groups excluding carboxylic acids is 1. The highest BCUT2D eigenvalue weighted by atomic mass is 19.4. The molecule has 1 aromatic rings. The van der Waals surface area contributed by atoms with E-state index >= 15 is 0 Å². The number of anilines is 1. The van der Waals surface area contributed by atoms with Gasteiger partial charge in [0.15, 0.2) is 0 Å². The van der Waals surface area contributed by atoms with Gasteiger partial charge in [0.25, 0.3) is 0 Å². The molecule has 24 heavy (non-hydrogen) atoms. The summed E-state index contributed by atoms with van der Waals surface area (Å²) >= 11 is 0. The Kier molecular flexibility index (Phi) is 3.37. The fourth-order valence-corrected chi connectivity index (χ4v) is 1.67. The average Bonchev–Trinajstić information content (AvgIpc) is 2.56. The van der Waals surface area contributed by atoms with Gasteiger partial charge in [-0.3, -0.25) is 10.1 Å². The zero-order valence-corrected chi connectivity index (χ0v) is 12.2. The van der Waals surface area contributed by atoms with Gasteiger partial charge in [0.2, 0.25) is 5.69 Å². The fourth-order valence-electron chi connectivity index (χ4n) is 1.67. The summed E-state index contributed by atoms with van der Waals surface area (Å²) in [4.78, 5) is 24.8. The van der Waals surface area contributed by atoms with E-state index in [2.05, 4.69) is 16.3 Å². The minimum atomic E-state index is -5.32. The Morgan fingerprint density at radius 1 is 1.58 bits per heavy atom. The number of pyridine rings is 1. The maximum Gasteiger partial charge on any atom is 0.420 e. The molecule has 0 radical (unpaired) electrons. The summed E-state index contributed by atoms with van der Waals surface area (Å²) in [7, 11) is 0.783. The monoisotopic (exact) mass is 353 g/mol. The molecule has 7 nitrogen and oxygen atoms in total. The molecule has 132 valence electrons. The van der Waals surface area contributed by atoms with Crippen LogP contribution < -0.4 is 5.32 Å². The van der Waals surface area contributed by atoms with Crippen molar-refractivity contribution in [2.45, 2.75) is 31.8 Å². The van der Waals surface area contributed by atoms with Gasteiger partial charge in [-0.2, -0.15) is 13.2 Å². The number of hydrogen-bond acceptors (Lipinski definition) is 6. The molecule has 1 aromatic heterocycles. The zero-order chi connectivity index (χ0) is 23.7. The number of aromatic nitrogens is 1. The van der Waals surface area contributed by atoms with Gasteiger partial charge in [-0.1, -0.05) is 6.08 Å². The molecule has 0 unspecified atom stereocenters. The number of halogens is 3. The molecular formula is C14H16F3N3O4. The van der Waals surface area contributed by atoms with Crippen molar-refractivity contribution < 1.29 is 35.9 Å². The summed E-state index contributed by atoms with van der Waals surface area (Å²) < 4.78 is 90.6. The van der Waals surface area contributed by atoms with Gasteiger partial charge in [0.05, 0.1) is 12.0 Å². The number of nitro groups is 1. The van der Waals surface area contributed by atoms with E-state index in [-0.39, 0.29) is 6.07 Å². The van der Waals surface area contributed by atoms with Crippen molar-refractivity contribution >= 4 is 17.5 Å². The van der Waals surface area contributed by atoms with Gasteiger partial charge >= 0.3 is 17.8 Å². The van der Waals surface area contributed by atoms with Gasteiger partial charge in [-0.05, 0) is 20.1 Å². The predicted molar refractivity (Wildman–Crippen MR) is 79.7 cm³/mol. The number of carbonyl (C=O) groups is 1. The highest BCUT2D eigenvalue weighted by Gasteiger charge is 2.40. The number of alkyl halides is 3. The lowest BCUT2D eigenvalue weighted by atomic mass is 10.00. The van der Waals surface area contributed by atoms with E-state index in [9.17, 15) is 28.1 Å². The molecule has 0 amide bonds. The molecule has 0 aromatic carbocycles. The Morgan fingerprint density at radius 2 is 2.21 bits per heavy atom. The second kappa shape index (κ2) is 6.85. The van der Waals surface area contributed by atoms with Gasteiger partial charge in [-0.25, -0.2) is 9.78 Å². The second-order valence-electron chi connectivity index (χ2n) is 4.52. The maximum atomic E-state index is 13.5. The third-order valence-corrected chi connectivity index (χ3v) is 2.67. The Morgan fingerprint density at radius 3 is 2.62 bits per heavy atom. The molecule has 0 atom stereocenters. The van der Waals surface area contributed by atoms with Crippen LogP contribution in [0.1, 0.15) is 44.4 Å². The van der Waals surface area contributed by atoms with E-state index in [0.29, 0.717) is 0 Å². The van der Waals surface area contributed by atoms with E-state index < -0.39 is 65.5 Å². The number of methoxy groups -OCH3 is 1.